The van der Waals surface area contributed by atoms with Crippen molar-refractivity contribution in [2.24, 2.45) is 4.99 Å². The number of nitrogens with zero attached hydrogens (tertiary/aromatic N) is 2. The Morgan fingerprint density at radius 3 is 2.59 bits per heavy atom. The van der Waals surface area contributed by atoms with E-state index in [0.29, 0.717) is 28.3 Å². The van der Waals surface area contributed by atoms with Gasteiger partial charge in [-0.15, -0.1) is 0 Å². The van der Waals surface area contributed by atoms with Crippen LogP contribution in [0, 0.1) is 0 Å². The third-order valence-electron chi connectivity index (χ3n) is 6.57. The fraction of sp³-hybridized carbons (Fsp3) is 0.161. The van der Waals surface area contributed by atoms with Gasteiger partial charge in [0.25, 0.3) is 0 Å². The lowest BCUT2D eigenvalue weighted by Crippen LogP contribution is -1.93. The van der Waals surface area contributed by atoms with E-state index in [9.17, 15) is 5.11 Å². The lowest BCUT2D eigenvalue weighted by atomic mass is 9.98. The Kier molecular flexibility index (Phi) is 7.45. The molecule has 1 aromatic heterocycles. The molecule has 5 rings (SSSR count). The van der Waals surface area contributed by atoms with E-state index in [0.717, 1.165) is 44.9 Å². The van der Waals surface area contributed by atoms with Crippen LogP contribution in [-0.4, -0.2) is 16.3 Å². The number of oxazole rings is 1. The number of hydrogen-bond acceptors (Lipinski definition) is 4. The number of benzene rings is 4. The molecule has 0 spiro atoms. The summed E-state index contributed by atoms with van der Waals surface area (Å²) in [6.45, 7) is 4.40. The van der Waals surface area contributed by atoms with E-state index in [-0.39, 0.29) is 5.75 Å². The Balaban J connectivity index is 1.36. The molecule has 1 heterocycles. The second-order valence-corrected chi connectivity index (χ2v) is 10.4. The van der Waals surface area contributed by atoms with Gasteiger partial charge in [-0.05, 0) is 106 Å². The number of aromatic nitrogens is 1. The van der Waals surface area contributed by atoms with Crippen LogP contribution >= 0.6 is 27.5 Å². The molecule has 0 aliphatic rings. The van der Waals surface area contributed by atoms with Gasteiger partial charge in [0.1, 0.15) is 11.3 Å². The zero-order valence-corrected chi connectivity index (χ0v) is 22.9. The number of phenolic OH excluding ortho intramolecular Hbond substituents is 1. The maximum atomic E-state index is 10.6. The summed E-state index contributed by atoms with van der Waals surface area (Å²) in [6, 6.07) is 25.5. The van der Waals surface area contributed by atoms with Crippen LogP contribution in [0.5, 0.6) is 5.75 Å². The summed E-state index contributed by atoms with van der Waals surface area (Å²) in [4.78, 5) is 9.28. The van der Waals surface area contributed by atoms with Crippen molar-refractivity contribution in [3.63, 3.8) is 0 Å². The summed E-state index contributed by atoms with van der Waals surface area (Å²) in [5.41, 5.74) is 7.22. The first-order chi connectivity index (χ1) is 17.9. The van der Waals surface area contributed by atoms with Crippen molar-refractivity contribution in [2.75, 3.05) is 0 Å². The minimum absolute atomic E-state index is 0.145. The molecule has 0 fully saturated rings. The highest BCUT2D eigenvalue weighted by molar-refractivity contribution is 9.10. The maximum Gasteiger partial charge on any atom is 0.227 e. The van der Waals surface area contributed by atoms with Gasteiger partial charge in [0.15, 0.2) is 5.58 Å². The smallest absolute Gasteiger partial charge is 0.227 e. The third kappa shape index (κ3) is 5.63. The van der Waals surface area contributed by atoms with Crippen LogP contribution in [0.3, 0.4) is 0 Å². The number of aromatic hydroxyl groups is 1. The number of rotatable bonds is 7. The molecule has 0 unspecified atom stereocenters. The van der Waals surface area contributed by atoms with E-state index in [1.165, 1.54) is 5.56 Å². The standard InChI is InChI=1S/C31H26BrClN2O2/c1-3-19(2)22-10-13-29-28(17-22)35-31(37-29)21-8-11-25(12-9-21)34-18-24-15-20(16-26(32)30(24)36)14-23-6-4-5-7-27(23)33/h4-13,15-19,36H,3,14H2,1-2H3/t19-/m0/s1. The predicted molar refractivity (Wildman–Crippen MR) is 155 cm³/mol. The highest BCUT2D eigenvalue weighted by atomic mass is 79.9. The van der Waals surface area contributed by atoms with Gasteiger partial charge >= 0.3 is 0 Å². The van der Waals surface area contributed by atoms with Crippen molar-refractivity contribution in [1.29, 1.82) is 0 Å². The second-order valence-electron chi connectivity index (χ2n) is 9.14. The molecule has 5 aromatic rings. The molecular weight excluding hydrogens is 548 g/mol. The molecule has 1 atom stereocenters. The molecule has 186 valence electrons. The molecule has 0 bridgehead atoms. The average Bonchev–Trinajstić information content (AvgIpc) is 3.34. The summed E-state index contributed by atoms with van der Waals surface area (Å²) in [5.74, 6) is 1.21. The average molecular weight is 574 g/mol. The van der Waals surface area contributed by atoms with Crippen molar-refractivity contribution >= 4 is 50.5 Å². The number of aliphatic imine (C=N–C) groups is 1. The predicted octanol–water partition coefficient (Wildman–Crippen LogP) is 9.47. The summed E-state index contributed by atoms with van der Waals surface area (Å²) < 4.78 is 6.61. The Morgan fingerprint density at radius 1 is 1.05 bits per heavy atom. The SMILES string of the molecule is CC[C@H](C)c1ccc2oc(-c3ccc(N=Cc4cc(Cc5ccccc5Cl)cc(Br)c4O)cc3)nc2c1. The molecule has 4 nitrogen and oxygen atoms in total. The lowest BCUT2D eigenvalue weighted by molar-refractivity contribution is 0.471. The van der Waals surface area contributed by atoms with E-state index in [1.54, 1.807) is 6.21 Å². The van der Waals surface area contributed by atoms with E-state index >= 15 is 0 Å². The highest BCUT2D eigenvalue weighted by Crippen LogP contribution is 2.32. The molecule has 37 heavy (non-hydrogen) atoms. The minimum Gasteiger partial charge on any atom is -0.506 e. The van der Waals surface area contributed by atoms with Crippen LogP contribution in [0.1, 0.15) is 48.4 Å². The van der Waals surface area contributed by atoms with E-state index in [2.05, 4.69) is 46.9 Å². The number of phenols is 1. The molecular formula is C31H26BrClN2O2. The summed E-state index contributed by atoms with van der Waals surface area (Å²) in [6.07, 6.45) is 3.40. The molecule has 0 amide bonds. The van der Waals surface area contributed by atoms with Crippen LogP contribution in [0.25, 0.3) is 22.6 Å². The summed E-state index contributed by atoms with van der Waals surface area (Å²) in [7, 11) is 0. The second kappa shape index (κ2) is 10.9. The van der Waals surface area contributed by atoms with Crippen LogP contribution in [-0.2, 0) is 6.42 Å². The van der Waals surface area contributed by atoms with Crippen LogP contribution in [0.15, 0.2) is 92.7 Å². The largest absolute Gasteiger partial charge is 0.506 e. The molecule has 4 aromatic carbocycles. The Labute approximate surface area is 229 Å². The van der Waals surface area contributed by atoms with E-state index < -0.39 is 0 Å². The van der Waals surface area contributed by atoms with Gasteiger partial charge in [-0.25, -0.2) is 4.98 Å². The van der Waals surface area contributed by atoms with E-state index in [1.807, 2.05) is 66.7 Å². The first kappa shape index (κ1) is 25.2. The monoisotopic (exact) mass is 572 g/mol. The Hall–Kier alpha value is -3.41. The molecule has 0 aliphatic heterocycles. The van der Waals surface area contributed by atoms with Gasteiger partial charge in [0.05, 0.1) is 10.2 Å². The fourth-order valence-corrected chi connectivity index (χ4v) is 4.91. The van der Waals surface area contributed by atoms with Crippen LogP contribution in [0.2, 0.25) is 5.02 Å². The maximum absolute atomic E-state index is 10.6. The van der Waals surface area contributed by atoms with E-state index in [4.69, 9.17) is 21.0 Å². The zero-order chi connectivity index (χ0) is 25.9. The van der Waals surface area contributed by atoms with Gasteiger partial charge in [-0.1, -0.05) is 49.7 Å². The Morgan fingerprint density at radius 2 is 1.84 bits per heavy atom. The molecule has 0 radical (unpaired) electrons. The minimum atomic E-state index is 0.145. The summed E-state index contributed by atoms with van der Waals surface area (Å²) in [5, 5.41) is 11.3. The molecule has 0 aliphatic carbocycles. The third-order valence-corrected chi connectivity index (χ3v) is 7.54. The quantitative estimate of drug-likeness (QED) is 0.197. The van der Waals surface area contributed by atoms with Gasteiger partial charge in [0.2, 0.25) is 5.89 Å². The molecule has 0 saturated carbocycles. The van der Waals surface area contributed by atoms with Gasteiger partial charge in [-0.3, -0.25) is 4.99 Å². The molecule has 0 saturated heterocycles. The van der Waals surface area contributed by atoms with Gasteiger partial charge in [-0.2, -0.15) is 0 Å². The zero-order valence-electron chi connectivity index (χ0n) is 20.6. The van der Waals surface area contributed by atoms with Crippen molar-refractivity contribution in [3.05, 3.63) is 111 Å². The fourth-order valence-electron chi connectivity index (χ4n) is 4.19. The molecule has 1 N–H and O–H groups in total. The van der Waals surface area contributed by atoms with Crippen molar-refractivity contribution < 1.29 is 9.52 Å². The number of fused-ring (bicyclic) bond motifs is 1. The number of halogens is 2. The normalized spacial score (nSPS) is 12.4. The van der Waals surface area contributed by atoms with Gasteiger partial charge in [0, 0.05) is 22.4 Å². The molecule has 6 heteroatoms. The van der Waals surface area contributed by atoms with Crippen molar-refractivity contribution in [2.45, 2.75) is 32.6 Å². The first-order valence-corrected chi connectivity index (χ1v) is 13.4. The first-order valence-electron chi connectivity index (χ1n) is 12.2. The number of hydrogen-bond donors (Lipinski definition) is 1. The van der Waals surface area contributed by atoms with Crippen LogP contribution < -0.4 is 0 Å². The van der Waals surface area contributed by atoms with Crippen molar-refractivity contribution in [3.8, 4) is 17.2 Å². The summed E-state index contributed by atoms with van der Waals surface area (Å²) >= 11 is 9.79. The highest BCUT2D eigenvalue weighted by Gasteiger charge is 2.12. The van der Waals surface area contributed by atoms with Crippen LogP contribution in [0.4, 0.5) is 5.69 Å². The van der Waals surface area contributed by atoms with Gasteiger partial charge < -0.3 is 9.52 Å². The topological polar surface area (TPSA) is 58.6 Å². The van der Waals surface area contributed by atoms with Crippen molar-refractivity contribution in [1.82, 2.24) is 4.98 Å². The lowest BCUT2D eigenvalue weighted by Gasteiger charge is -2.09. The Bertz CT molecular complexity index is 1590.